The third kappa shape index (κ3) is 5.06. The van der Waals surface area contributed by atoms with Gasteiger partial charge >= 0.3 is 0 Å². The third-order valence-corrected chi connectivity index (χ3v) is 5.41. The number of nitrogens with one attached hydrogen (secondary N) is 1. The molecular formula is C23H21BrCl2N4O2. The minimum Gasteiger partial charge on any atom is -0.444 e. The first kappa shape index (κ1) is 24.0. The van der Waals surface area contributed by atoms with E-state index >= 15 is 0 Å². The number of rotatable bonds is 5. The summed E-state index contributed by atoms with van der Waals surface area (Å²) in [6, 6.07) is 12.5. The van der Waals surface area contributed by atoms with Crippen molar-refractivity contribution in [2.75, 3.05) is 11.9 Å². The predicted molar refractivity (Wildman–Crippen MR) is 134 cm³/mol. The highest BCUT2D eigenvalue weighted by atomic mass is 79.9. The highest BCUT2D eigenvalue weighted by Gasteiger charge is 2.17. The zero-order chi connectivity index (χ0) is 23.3. The number of oxazole rings is 1. The van der Waals surface area contributed by atoms with Gasteiger partial charge in [0.05, 0.1) is 21.9 Å². The molecule has 1 N–H and O–H groups in total. The first-order valence-corrected chi connectivity index (χ1v) is 11.5. The number of aromatic nitrogens is 3. The van der Waals surface area contributed by atoms with E-state index in [-0.39, 0.29) is 5.56 Å². The Morgan fingerprint density at radius 2 is 1.78 bits per heavy atom. The number of nitrogens with zero attached hydrogens (tertiary/aromatic N) is 3. The summed E-state index contributed by atoms with van der Waals surface area (Å²) in [4.78, 5) is 17.0. The predicted octanol–water partition coefficient (Wildman–Crippen LogP) is 7.08. The molecule has 0 amide bonds. The number of halogens is 3. The SMILES string of the molecule is CC.CCNc1cc(-c2cc(Br)cc(-c3cnco3)c2)nn(-c2c(Cl)cccc2Cl)c1=O. The Labute approximate surface area is 204 Å². The molecule has 2 aromatic carbocycles. The summed E-state index contributed by atoms with van der Waals surface area (Å²) < 4.78 is 7.47. The zero-order valence-electron chi connectivity index (χ0n) is 17.7. The van der Waals surface area contributed by atoms with E-state index in [4.69, 9.17) is 27.6 Å². The molecule has 0 aliphatic rings. The van der Waals surface area contributed by atoms with Crippen LogP contribution in [0.2, 0.25) is 10.0 Å². The number of benzene rings is 2. The molecule has 32 heavy (non-hydrogen) atoms. The maximum absolute atomic E-state index is 13.1. The van der Waals surface area contributed by atoms with Gasteiger partial charge in [-0.1, -0.05) is 59.0 Å². The molecule has 0 saturated carbocycles. The average molecular weight is 536 g/mol. The van der Waals surface area contributed by atoms with Gasteiger partial charge in [-0.15, -0.1) is 0 Å². The molecule has 0 atom stereocenters. The lowest BCUT2D eigenvalue weighted by Gasteiger charge is -2.14. The summed E-state index contributed by atoms with van der Waals surface area (Å²) >= 11 is 16.2. The van der Waals surface area contributed by atoms with Gasteiger partial charge in [0, 0.05) is 22.1 Å². The van der Waals surface area contributed by atoms with Gasteiger partial charge < -0.3 is 9.73 Å². The maximum atomic E-state index is 13.1. The highest BCUT2D eigenvalue weighted by molar-refractivity contribution is 9.10. The van der Waals surface area contributed by atoms with Crippen molar-refractivity contribution >= 4 is 44.8 Å². The number of para-hydroxylation sites is 1. The molecule has 4 rings (SSSR count). The average Bonchev–Trinajstić information content (AvgIpc) is 3.32. The Hall–Kier alpha value is -2.61. The summed E-state index contributed by atoms with van der Waals surface area (Å²) in [6.45, 7) is 6.48. The summed E-state index contributed by atoms with van der Waals surface area (Å²) in [7, 11) is 0. The zero-order valence-corrected chi connectivity index (χ0v) is 20.8. The van der Waals surface area contributed by atoms with Crippen molar-refractivity contribution in [3.8, 4) is 28.3 Å². The fourth-order valence-corrected chi connectivity index (χ4v) is 4.08. The summed E-state index contributed by atoms with van der Waals surface area (Å²) in [5.41, 5.74) is 2.52. The van der Waals surface area contributed by atoms with Crippen LogP contribution in [0.3, 0.4) is 0 Å². The topological polar surface area (TPSA) is 73.0 Å². The van der Waals surface area contributed by atoms with E-state index in [2.05, 4.69) is 31.3 Å². The van der Waals surface area contributed by atoms with Gasteiger partial charge in [-0.2, -0.15) is 9.78 Å². The molecule has 9 heteroatoms. The van der Waals surface area contributed by atoms with Crippen molar-refractivity contribution in [1.82, 2.24) is 14.8 Å². The Balaban J connectivity index is 0.00000141. The van der Waals surface area contributed by atoms with Crippen LogP contribution in [-0.4, -0.2) is 21.3 Å². The molecule has 0 unspecified atom stereocenters. The monoisotopic (exact) mass is 534 g/mol. The van der Waals surface area contributed by atoms with Gasteiger partial charge in [-0.05, 0) is 43.3 Å². The Kier molecular flexibility index (Phi) is 8.12. The van der Waals surface area contributed by atoms with Crippen LogP contribution >= 0.6 is 39.1 Å². The van der Waals surface area contributed by atoms with E-state index in [0.717, 1.165) is 15.6 Å². The largest absolute Gasteiger partial charge is 0.444 e. The summed E-state index contributed by atoms with van der Waals surface area (Å²) in [5.74, 6) is 0.618. The molecule has 4 aromatic rings. The van der Waals surface area contributed by atoms with E-state index in [1.54, 1.807) is 30.5 Å². The van der Waals surface area contributed by atoms with Crippen molar-refractivity contribution in [3.05, 3.63) is 79.9 Å². The van der Waals surface area contributed by atoms with Crippen LogP contribution in [0.25, 0.3) is 28.3 Å². The first-order valence-electron chi connectivity index (χ1n) is 10.0. The van der Waals surface area contributed by atoms with E-state index < -0.39 is 0 Å². The minimum absolute atomic E-state index is 0.327. The normalized spacial score (nSPS) is 10.4. The van der Waals surface area contributed by atoms with Crippen molar-refractivity contribution < 1.29 is 4.42 Å². The van der Waals surface area contributed by atoms with Crippen LogP contribution in [-0.2, 0) is 0 Å². The van der Waals surface area contributed by atoms with Gasteiger partial charge in [0.1, 0.15) is 11.4 Å². The van der Waals surface area contributed by atoms with Crippen molar-refractivity contribution in [1.29, 1.82) is 0 Å². The summed E-state index contributed by atoms with van der Waals surface area (Å²) in [6.07, 6.45) is 3.00. The molecule has 0 fully saturated rings. The maximum Gasteiger partial charge on any atom is 0.294 e. The van der Waals surface area contributed by atoms with E-state index in [9.17, 15) is 4.79 Å². The number of hydrogen-bond acceptors (Lipinski definition) is 5. The molecule has 2 heterocycles. The van der Waals surface area contributed by atoms with Gasteiger partial charge in [0.15, 0.2) is 12.2 Å². The van der Waals surface area contributed by atoms with Crippen LogP contribution in [0, 0.1) is 0 Å². The minimum atomic E-state index is -0.346. The lowest BCUT2D eigenvalue weighted by atomic mass is 10.1. The lowest BCUT2D eigenvalue weighted by Crippen LogP contribution is -2.25. The van der Waals surface area contributed by atoms with Gasteiger partial charge in [0.25, 0.3) is 5.56 Å². The highest BCUT2D eigenvalue weighted by Crippen LogP contribution is 2.32. The van der Waals surface area contributed by atoms with Crippen molar-refractivity contribution in [3.63, 3.8) is 0 Å². The molecule has 0 aliphatic heterocycles. The molecule has 0 bridgehead atoms. The van der Waals surface area contributed by atoms with Crippen molar-refractivity contribution in [2.24, 2.45) is 0 Å². The van der Waals surface area contributed by atoms with Crippen LogP contribution in [0.4, 0.5) is 5.69 Å². The second-order valence-electron chi connectivity index (χ2n) is 6.36. The molecule has 2 aromatic heterocycles. The molecule has 6 nitrogen and oxygen atoms in total. The first-order chi connectivity index (χ1) is 15.5. The van der Waals surface area contributed by atoms with Crippen LogP contribution < -0.4 is 10.9 Å². The van der Waals surface area contributed by atoms with Crippen LogP contribution in [0.5, 0.6) is 0 Å². The second kappa shape index (κ2) is 10.8. The Morgan fingerprint density at radius 1 is 1.09 bits per heavy atom. The van der Waals surface area contributed by atoms with E-state index in [1.165, 1.54) is 11.1 Å². The molecule has 0 spiro atoms. The molecular weight excluding hydrogens is 515 g/mol. The quantitative estimate of drug-likeness (QED) is 0.295. The van der Waals surface area contributed by atoms with E-state index in [0.29, 0.717) is 39.4 Å². The van der Waals surface area contributed by atoms with Crippen LogP contribution in [0.15, 0.2) is 68.7 Å². The fourth-order valence-electron chi connectivity index (χ4n) is 3.03. The van der Waals surface area contributed by atoms with Crippen molar-refractivity contribution in [2.45, 2.75) is 20.8 Å². The fraction of sp³-hybridized carbons (Fsp3) is 0.174. The Morgan fingerprint density at radius 3 is 2.41 bits per heavy atom. The number of hydrogen-bond donors (Lipinski definition) is 1. The van der Waals surface area contributed by atoms with Gasteiger partial charge in [0.2, 0.25) is 0 Å². The van der Waals surface area contributed by atoms with Gasteiger partial charge in [-0.25, -0.2) is 4.98 Å². The molecule has 0 radical (unpaired) electrons. The third-order valence-electron chi connectivity index (χ3n) is 4.34. The Bertz CT molecular complexity index is 1250. The lowest BCUT2D eigenvalue weighted by molar-refractivity contribution is 0.572. The second-order valence-corrected chi connectivity index (χ2v) is 8.09. The summed E-state index contributed by atoms with van der Waals surface area (Å²) in [5, 5.41) is 8.32. The van der Waals surface area contributed by atoms with Gasteiger partial charge in [-0.3, -0.25) is 4.79 Å². The standard InChI is InChI=1S/C21H15BrCl2N4O2.C2H6/c1-2-26-18-9-17(12-6-13(8-14(22)7-12)19-10-25-11-30-19)27-28(21(18)29)20-15(23)4-3-5-16(20)24;1-2/h3-11,26H,2H2,1H3;1-2H3. The molecule has 0 saturated heterocycles. The molecule has 0 aliphatic carbocycles. The van der Waals surface area contributed by atoms with E-state index in [1.807, 2.05) is 39.0 Å². The smallest absolute Gasteiger partial charge is 0.294 e. The van der Waals surface area contributed by atoms with Crippen LogP contribution in [0.1, 0.15) is 20.8 Å². The number of anilines is 1. The molecule has 166 valence electrons.